The van der Waals surface area contributed by atoms with E-state index in [9.17, 15) is 9.18 Å². The van der Waals surface area contributed by atoms with E-state index >= 15 is 0 Å². The summed E-state index contributed by atoms with van der Waals surface area (Å²) in [5.41, 5.74) is 1.55. The maximum Gasteiger partial charge on any atom is 0.253 e. The molecule has 0 aromatic carbocycles. The Hall–Kier alpha value is -3.31. The fourth-order valence-corrected chi connectivity index (χ4v) is 5.08. The predicted octanol–water partition coefficient (Wildman–Crippen LogP) is 3.20. The molecule has 0 spiro atoms. The molecule has 3 N–H and O–H groups in total. The van der Waals surface area contributed by atoms with E-state index < -0.39 is 12.3 Å². The van der Waals surface area contributed by atoms with E-state index in [0.29, 0.717) is 36.1 Å². The van der Waals surface area contributed by atoms with Crippen LogP contribution in [0.15, 0.2) is 30.7 Å². The molecular formula is C26H35FN8O2. The summed E-state index contributed by atoms with van der Waals surface area (Å²) in [6.45, 7) is 6.82. The number of carbonyl (C=O) groups excluding carboxylic acids is 1. The molecule has 0 bridgehead atoms. The molecule has 1 unspecified atom stereocenters. The van der Waals surface area contributed by atoms with Gasteiger partial charge in [-0.05, 0) is 52.3 Å². The maximum atomic E-state index is 14.4. The van der Waals surface area contributed by atoms with Crippen LogP contribution in [0.1, 0.15) is 49.5 Å². The van der Waals surface area contributed by atoms with Crippen LogP contribution in [-0.4, -0.2) is 77.0 Å². The lowest BCUT2D eigenvalue weighted by Gasteiger charge is -2.33. The fourth-order valence-electron chi connectivity index (χ4n) is 5.08. The molecule has 2 atom stereocenters. The van der Waals surface area contributed by atoms with Crippen molar-refractivity contribution in [3.05, 3.63) is 36.3 Å². The Balaban J connectivity index is 1.36. The number of alkyl halides is 1. The molecule has 2 aliphatic heterocycles. The van der Waals surface area contributed by atoms with Crippen molar-refractivity contribution in [1.82, 2.24) is 30.2 Å². The van der Waals surface area contributed by atoms with Crippen molar-refractivity contribution in [3.63, 3.8) is 0 Å². The van der Waals surface area contributed by atoms with Crippen molar-refractivity contribution < 1.29 is 13.9 Å². The number of piperidine rings is 2. The average Bonchev–Trinajstić information content (AvgIpc) is 3.29. The van der Waals surface area contributed by atoms with E-state index in [1.165, 1.54) is 7.11 Å². The molecule has 198 valence electrons. The largest absolute Gasteiger partial charge is 0.378 e. The van der Waals surface area contributed by atoms with E-state index in [4.69, 9.17) is 4.74 Å². The quantitative estimate of drug-likeness (QED) is 0.445. The summed E-state index contributed by atoms with van der Waals surface area (Å²) >= 11 is 0. The smallest absolute Gasteiger partial charge is 0.253 e. The zero-order valence-electron chi connectivity index (χ0n) is 21.6. The van der Waals surface area contributed by atoms with Crippen molar-refractivity contribution in [3.8, 4) is 0 Å². The van der Waals surface area contributed by atoms with Gasteiger partial charge < -0.3 is 30.2 Å². The minimum atomic E-state index is -1.09. The summed E-state index contributed by atoms with van der Waals surface area (Å²) in [6.07, 6.45) is 6.26. The summed E-state index contributed by atoms with van der Waals surface area (Å²) in [5, 5.41) is 10.6. The topological polar surface area (TPSA) is 109 Å². The highest BCUT2D eigenvalue weighted by atomic mass is 19.1. The fraction of sp³-hybridized carbons (Fsp3) is 0.538. The summed E-state index contributed by atoms with van der Waals surface area (Å²) in [5.74, 6) is 1.56. The summed E-state index contributed by atoms with van der Waals surface area (Å²) in [7, 11) is 1.54. The number of anilines is 3. The van der Waals surface area contributed by atoms with Gasteiger partial charge in [-0.3, -0.25) is 4.79 Å². The first-order valence-electron chi connectivity index (χ1n) is 13.0. The van der Waals surface area contributed by atoms with Gasteiger partial charge in [-0.15, -0.1) is 0 Å². The highest BCUT2D eigenvalue weighted by Crippen LogP contribution is 2.28. The number of carbonyl (C=O) groups is 1. The molecule has 10 nitrogen and oxygen atoms in total. The van der Waals surface area contributed by atoms with Crippen LogP contribution in [0, 0.1) is 0 Å². The standard InChI is InChI=1S/C26H35FN8O2/c1-16(2)35-14-19(25(36)31-17-4-8-28-9-5-17)18-13-30-24(12-21(18)35)32-23-6-10-29-26(33-23)34-11-7-22(37-3)20(27)15-34/h6,10,12-14,16-17,20,22,28H,4-5,7-9,11,15H2,1-3H3,(H,31,36)(H,29,30,32,33)/t20-,22?/m1/s1. The Labute approximate surface area is 216 Å². The summed E-state index contributed by atoms with van der Waals surface area (Å²) < 4.78 is 21.7. The molecule has 11 heteroatoms. The highest BCUT2D eigenvalue weighted by Gasteiger charge is 2.30. The van der Waals surface area contributed by atoms with Gasteiger partial charge >= 0.3 is 0 Å². The molecule has 2 fully saturated rings. The number of rotatable bonds is 7. The third-order valence-corrected chi connectivity index (χ3v) is 7.16. The van der Waals surface area contributed by atoms with Gasteiger partial charge in [0, 0.05) is 55.8 Å². The van der Waals surface area contributed by atoms with Crippen LogP contribution in [-0.2, 0) is 4.74 Å². The Bertz CT molecular complexity index is 1240. The van der Waals surface area contributed by atoms with Crippen molar-refractivity contribution in [1.29, 1.82) is 0 Å². The molecule has 1 amide bonds. The predicted molar refractivity (Wildman–Crippen MR) is 141 cm³/mol. The number of nitrogens with one attached hydrogen (secondary N) is 3. The number of fused-ring (bicyclic) bond motifs is 1. The number of halogens is 1. The SMILES string of the molecule is COC1CCN(c2nccc(Nc3cc4c(cn3)c(C(=O)NC3CCNCC3)cn4C(C)C)n2)C[C@H]1F. The van der Waals surface area contributed by atoms with Gasteiger partial charge in [-0.25, -0.2) is 14.4 Å². The van der Waals surface area contributed by atoms with E-state index in [0.717, 1.165) is 36.8 Å². The van der Waals surface area contributed by atoms with Gasteiger partial charge in [-0.2, -0.15) is 4.98 Å². The lowest BCUT2D eigenvalue weighted by molar-refractivity contribution is 0.0194. The van der Waals surface area contributed by atoms with E-state index in [2.05, 4.69) is 49.3 Å². The molecule has 0 saturated carbocycles. The molecule has 3 aromatic rings. The minimum absolute atomic E-state index is 0.0670. The second kappa shape index (κ2) is 11.0. The van der Waals surface area contributed by atoms with Gasteiger partial charge in [-0.1, -0.05) is 0 Å². The van der Waals surface area contributed by atoms with Gasteiger partial charge in [0.15, 0.2) is 0 Å². The lowest BCUT2D eigenvalue weighted by atomic mass is 10.1. The minimum Gasteiger partial charge on any atom is -0.378 e. The molecule has 0 radical (unpaired) electrons. The number of hydrogen-bond acceptors (Lipinski definition) is 8. The van der Waals surface area contributed by atoms with Gasteiger partial charge in [0.05, 0.1) is 23.7 Å². The summed E-state index contributed by atoms with van der Waals surface area (Å²) in [6, 6.07) is 4.02. The Morgan fingerprint density at radius 2 is 2.03 bits per heavy atom. The van der Waals surface area contributed by atoms with Gasteiger partial charge in [0.1, 0.15) is 17.8 Å². The van der Waals surface area contributed by atoms with Crippen LogP contribution < -0.4 is 20.9 Å². The lowest BCUT2D eigenvalue weighted by Crippen LogP contribution is -2.46. The van der Waals surface area contributed by atoms with Crippen molar-refractivity contribution >= 4 is 34.4 Å². The molecule has 5 rings (SSSR count). The molecule has 5 heterocycles. The second-order valence-electron chi connectivity index (χ2n) is 10.0. The third-order valence-electron chi connectivity index (χ3n) is 7.16. The zero-order chi connectivity index (χ0) is 25.9. The number of pyridine rings is 1. The van der Waals surface area contributed by atoms with E-state index in [1.807, 2.05) is 17.2 Å². The molecule has 3 aromatic heterocycles. The van der Waals surface area contributed by atoms with Crippen molar-refractivity contribution in [2.24, 2.45) is 0 Å². The second-order valence-corrected chi connectivity index (χ2v) is 10.0. The van der Waals surface area contributed by atoms with E-state index in [-0.39, 0.29) is 24.5 Å². The van der Waals surface area contributed by atoms with Gasteiger partial charge in [0.2, 0.25) is 5.95 Å². The Morgan fingerprint density at radius 3 is 2.76 bits per heavy atom. The first-order valence-corrected chi connectivity index (χ1v) is 13.0. The first-order chi connectivity index (χ1) is 17.9. The molecule has 0 aliphatic carbocycles. The number of nitrogens with zero attached hydrogens (tertiary/aromatic N) is 5. The number of aromatic nitrogens is 4. The number of methoxy groups -OCH3 is 1. The van der Waals surface area contributed by atoms with Crippen LogP contribution >= 0.6 is 0 Å². The van der Waals surface area contributed by atoms with E-state index in [1.54, 1.807) is 18.5 Å². The normalized spacial score (nSPS) is 20.9. The highest BCUT2D eigenvalue weighted by molar-refractivity contribution is 6.07. The first kappa shape index (κ1) is 25.3. The van der Waals surface area contributed by atoms with Crippen LogP contribution in [0.25, 0.3) is 10.9 Å². The third kappa shape index (κ3) is 5.52. The molecule has 2 saturated heterocycles. The average molecular weight is 511 g/mol. The Kier molecular flexibility index (Phi) is 7.52. The maximum absolute atomic E-state index is 14.4. The van der Waals surface area contributed by atoms with Crippen molar-refractivity contribution in [2.45, 2.75) is 57.5 Å². The molecular weight excluding hydrogens is 475 g/mol. The zero-order valence-corrected chi connectivity index (χ0v) is 21.6. The molecule has 37 heavy (non-hydrogen) atoms. The Morgan fingerprint density at radius 1 is 1.22 bits per heavy atom. The monoisotopic (exact) mass is 510 g/mol. The van der Waals surface area contributed by atoms with Gasteiger partial charge in [0.25, 0.3) is 5.91 Å². The van der Waals surface area contributed by atoms with Crippen LogP contribution in [0.4, 0.5) is 22.0 Å². The number of amides is 1. The van der Waals surface area contributed by atoms with Crippen molar-refractivity contribution in [2.75, 3.05) is 43.5 Å². The summed E-state index contributed by atoms with van der Waals surface area (Å²) in [4.78, 5) is 28.5. The number of ether oxygens (including phenoxy) is 1. The van der Waals surface area contributed by atoms with Crippen LogP contribution in [0.5, 0.6) is 0 Å². The van der Waals surface area contributed by atoms with Crippen LogP contribution in [0.3, 0.4) is 0 Å². The van der Waals surface area contributed by atoms with Crippen LogP contribution in [0.2, 0.25) is 0 Å². The number of hydrogen-bond donors (Lipinski definition) is 3. The molecule has 2 aliphatic rings.